The van der Waals surface area contributed by atoms with Crippen molar-refractivity contribution >= 4 is 5.91 Å². The van der Waals surface area contributed by atoms with Gasteiger partial charge >= 0.3 is 0 Å². The first kappa shape index (κ1) is 9.02. The van der Waals surface area contributed by atoms with Crippen LogP contribution in [-0.4, -0.2) is 17.6 Å². The van der Waals surface area contributed by atoms with Crippen molar-refractivity contribution < 1.29 is 9.90 Å². The number of rotatable bonds is 2. The lowest BCUT2D eigenvalue weighted by atomic mass is 9.97. The molecule has 72 valence electrons. The molecule has 14 heavy (non-hydrogen) atoms. The summed E-state index contributed by atoms with van der Waals surface area (Å²) in [6.07, 6.45) is 0.508. The van der Waals surface area contributed by atoms with Gasteiger partial charge in [0.2, 0.25) is 0 Å². The number of amides is 1. The molecule has 1 aromatic carbocycles. The third kappa shape index (κ3) is 1.44. The number of hydrogen-bond acceptors (Lipinski definition) is 3. The molecule has 0 bridgehead atoms. The first-order valence-corrected chi connectivity index (χ1v) is 4.48. The van der Waals surface area contributed by atoms with E-state index in [0.29, 0.717) is 12.0 Å². The fraction of sp³-hybridized carbons (Fsp3) is 0.300. The third-order valence-electron chi connectivity index (χ3n) is 2.24. The molecule has 4 heteroatoms. The van der Waals surface area contributed by atoms with E-state index in [2.05, 4.69) is 10.2 Å². The summed E-state index contributed by atoms with van der Waals surface area (Å²) in [7, 11) is 0. The van der Waals surface area contributed by atoms with Gasteiger partial charge in [-0.2, -0.15) is 5.11 Å². The van der Waals surface area contributed by atoms with E-state index in [4.69, 9.17) is 5.11 Å². The predicted molar refractivity (Wildman–Crippen MR) is 50.1 cm³/mol. The van der Waals surface area contributed by atoms with E-state index in [-0.39, 0.29) is 18.6 Å². The van der Waals surface area contributed by atoms with Crippen molar-refractivity contribution in [2.24, 2.45) is 10.2 Å². The summed E-state index contributed by atoms with van der Waals surface area (Å²) >= 11 is 0. The standard InChI is InChI=1S/C10H10N2O2/c13-6-5-9-7-3-1-2-4-8(7)10(14)12-11-9/h1-4,9,13H,5-6H2. The molecule has 0 radical (unpaired) electrons. The molecular formula is C10H10N2O2. The van der Waals surface area contributed by atoms with E-state index in [0.717, 1.165) is 5.56 Å². The molecule has 0 aliphatic carbocycles. The summed E-state index contributed by atoms with van der Waals surface area (Å²) in [6.45, 7) is 0.0478. The largest absolute Gasteiger partial charge is 0.396 e. The maximum absolute atomic E-state index is 11.3. The van der Waals surface area contributed by atoms with Crippen molar-refractivity contribution in [1.29, 1.82) is 0 Å². The first-order chi connectivity index (χ1) is 6.83. The molecular weight excluding hydrogens is 180 g/mol. The summed E-state index contributed by atoms with van der Waals surface area (Å²) in [5, 5.41) is 16.2. The average Bonchev–Trinajstić information content (AvgIpc) is 2.23. The Hall–Kier alpha value is -1.55. The fourth-order valence-electron chi connectivity index (χ4n) is 1.56. The van der Waals surface area contributed by atoms with E-state index in [1.165, 1.54) is 0 Å². The average molecular weight is 190 g/mol. The Bertz CT molecular complexity index is 387. The van der Waals surface area contributed by atoms with E-state index < -0.39 is 0 Å². The monoisotopic (exact) mass is 190 g/mol. The van der Waals surface area contributed by atoms with Gasteiger partial charge in [0, 0.05) is 12.2 Å². The Balaban J connectivity index is 2.42. The minimum atomic E-state index is -0.296. The zero-order chi connectivity index (χ0) is 9.97. The SMILES string of the molecule is O=C1N=NC(CCO)c2ccccc21. The van der Waals surface area contributed by atoms with Crippen LogP contribution in [0, 0.1) is 0 Å². The van der Waals surface area contributed by atoms with Crippen LogP contribution in [0.15, 0.2) is 34.5 Å². The summed E-state index contributed by atoms with van der Waals surface area (Å²) in [5.41, 5.74) is 1.46. The highest BCUT2D eigenvalue weighted by Gasteiger charge is 2.22. The highest BCUT2D eigenvalue weighted by molar-refractivity contribution is 5.96. The van der Waals surface area contributed by atoms with Gasteiger partial charge < -0.3 is 5.11 Å². The second kappa shape index (κ2) is 3.67. The highest BCUT2D eigenvalue weighted by Crippen LogP contribution is 2.29. The van der Waals surface area contributed by atoms with Gasteiger partial charge in [0.15, 0.2) is 0 Å². The van der Waals surface area contributed by atoms with Gasteiger partial charge in [-0.3, -0.25) is 4.79 Å². The van der Waals surface area contributed by atoms with Gasteiger partial charge in [-0.1, -0.05) is 18.2 Å². The molecule has 1 heterocycles. The number of azo groups is 1. The first-order valence-electron chi connectivity index (χ1n) is 4.48. The van der Waals surface area contributed by atoms with Crippen molar-refractivity contribution in [3.8, 4) is 0 Å². The van der Waals surface area contributed by atoms with E-state index in [1.807, 2.05) is 12.1 Å². The summed E-state index contributed by atoms with van der Waals surface area (Å²) in [6, 6.07) is 7.07. The molecule has 1 amide bonds. The van der Waals surface area contributed by atoms with Crippen LogP contribution in [0.1, 0.15) is 28.4 Å². The van der Waals surface area contributed by atoms with Crippen molar-refractivity contribution in [2.45, 2.75) is 12.5 Å². The van der Waals surface area contributed by atoms with Crippen LogP contribution >= 0.6 is 0 Å². The predicted octanol–water partition coefficient (Wildman–Crippen LogP) is 1.72. The molecule has 0 aromatic heterocycles. The number of fused-ring (bicyclic) bond motifs is 1. The number of carbonyl (C=O) groups is 1. The summed E-state index contributed by atoms with van der Waals surface area (Å²) in [5.74, 6) is -0.296. The van der Waals surface area contributed by atoms with Crippen LogP contribution in [0.4, 0.5) is 0 Å². The normalized spacial score (nSPS) is 19.5. The van der Waals surface area contributed by atoms with E-state index in [9.17, 15) is 4.79 Å². The number of aliphatic hydroxyl groups is 1. The fourth-order valence-corrected chi connectivity index (χ4v) is 1.56. The quantitative estimate of drug-likeness (QED) is 0.771. The van der Waals surface area contributed by atoms with Crippen LogP contribution in [0.5, 0.6) is 0 Å². The maximum Gasteiger partial charge on any atom is 0.295 e. The lowest BCUT2D eigenvalue weighted by molar-refractivity contribution is 0.0982. The topological polar surface area (TPSA) is 62.0 Å². The van der Waals surface area contributed by atoms with Gasteiger partial charge in [-0.15, -0.1) is 5.11 Å². The Morgan fingerprint density at radius 2 is 2.14 bits per heavy atom. The molecule has 4 nitrogen and oxygen atoms in total. The number of carbonyl (C=O) groups excluding carboxylic acids is 1. The molecule has 1 aliphatic heterocycles. The molecule has 1 aliphatic rings. The summed E-state index contributed by atoms with van der Waals surface area (Å²) < 4.78 is 0. The number of hydrogen-bond donors (Lipinski definition) is 1. The minimum absolute atomic E-state index is 0.0478. The second-order valence-corrected chi connectivity index (χ2v) is 3.14. The third-order valence-corrected chi connectivity index (χ3v) is 2.24. The lowest BCUT2D eigenvalue weighted by Gasteiger charge is -2.16. The number of benzene rings is 1. The smallest absolute Gasteiger partial charge is 0.295 e. The molecule has 2 rings (SSSR count). The van der Waals surface area contributed by atoms with Crippen LogP contribution in [0.25, 0.3) is 0 Å². The number of nitrogens with zero attached hydrogens (tertiary/aromatic N) is 2. The molecule has 1 atom stereocenters. The molecule has 0 saturated carbocycles. The van der Waals surface area contributed by atoms with Gasteiger partial charge in [0.05, 0.1) is 6.04 Å². The molecule has 1 N–H and O–H groups in total. The van der Waals surface area contributed by atoms with Crippen molar-refractivity contribution in [1.82, 2.24) is 0 Å². The molecule has 1 unspecified atom stereocenters. The second-order valence-electron chi connectivity index (χ2n) is 3.14. The van der Waals surface area contributed by atoms with E-state index >= 15 is 0 Å². The summed E-state index contributed by atoms with van der Waals surface area (Å²) in [4.78, 5) is 11.3. The van der Waals surface area contributed by atoms with Gasteiger partial charge in [-0.05, 0) is 18.1 Å². The maximum atomic E-state index is 11.3. The Kier molecular flexibility index (Phi) is 2.37. The van der Waals surface area contributed by atoms with Gasteiger partial charge in [-0.25, -0.2) is 0 Å². The zero-order valence-corrected chi connectivity index (χ0v) is 7.55. The van der Waals surface area contributed by atoms with Gasteiger partial charge in [0.25, 0.3) is 5.91 Å². The minimum Gasteiger partial charge on any atom is -0.396 e. The highest BCUT2D eigenvalue weighted by atomic mass is 16.3. The molecule has 0 spiro atoms. The molecule has 1 aromatic rings. The van der Waals surface area contributed by atoms with Crippen molar-refractivity contribution in [3.63, 3.8) is 0 Å². The van der Waals surface area contributed by atoms with Crippen LogP contribution in [-0.2, 0) is 0 Å². The van der Waals surface area contributed by atoms with Gasteiger partial charge in [0.1, 0.15) is 0 Å². The van der Waals surface area contributed by atoms with Crippen molar-refractivity contribution in [3.05, 3.63) is 35.4 Å². The molecule has 0 saturated heterocycles. The zero-order valence-electron chi connectivity index (χ0n) is 7.55. The Morgan fingerprint density at radius 1 is 1.36 bits per heavy atom. The van der Waals surface area contributed by atoms with E-state index in [1.54, 1.807) is 12.1 Å². The van der Waals surface area contributed by atoms with Crippen LogP contribution in [0.2, 0.25) is 0 Å². The van der Waals surface area contributed by atoms with Crippen LogP contribution in [0.3, 0.4) is 0 Å². The lowest BCUT2D eigenvalue weighted by Crippen LogP contribution is -2.10. The van der Waals surface area contributed by atoms with Crippen molar-refractivity contribution in [2.75, 3.05) is 6.61 Å². The Morgan fingerprint density at radius 3 is 2.93 bits per heavy atom. The number of aliphatic hydroxyl groups excluding tert-OH is 1. The molecule has 0 fully saturated rings. The Labute approximate surface area is 81.3 Å². The van der Waals surface area contributed by atoms with Crippen LogP contribution < -0.4 is 0 Å².